The van der Waals surface area contributed by atoms with E-state index in [2.05, 4.69) is 9.88 Å². The zero-order chi connectivity index (χ0) is 18.9. The second-order valence-corrected chi connectivity index (χ2v) is 8.67. The molecule has 0 bridgehead atoms. The van der Waals surface area contributed by atoms with E-state index in [0.717, 1.165) is 57.4 Å². The Hall–Kier alpha value is -1.95. The van der Waals surface area contributed by atoms with Gasteiger partial charge in [-0.3, -0.25) is 19.5 Å². The van der Waals surface area contributed by atoms with Crippen molar-refractivity contribution in [3.05, 3.63) is 30.1 Å². The fraction of sp³-hybridized carbons (Fsp3) is 0.667. The van der Waals surface area contributed by atoms with Crippen LogP contribution in [0.2, 0.25) is 0 Å². The molecule has 0 aromatic carbocycles. The first-order chi connectivity index (χ1) is 13.0. The molecule has 0 N–H and O–H groups in total. The number of carbonyl (C=O) groups excluding carboxylic acids is 2. The number of hydrogen-bond donors (Lipinski definition) is 0. The predicted molar refractivity (Wildman–Crippen MR) is 103 cm³/mol. The number of likely N-dealkylation sites (tertiary alicyclic amines) is 2. The SMILES string of the molecule is CN(CC(=O)N1CCC[C@]2(CCC(=O)N(C3CC3)C2)C1)Cc1ccccn1. The van der Waals surface area contributed by atoms with Gasteiger partial charge in [-0.2, -0.15) is 0 Å². The number of rotatable bonds is 5. The minimum atomic E-state index is 0.115. The normalized spacial score (nSPS) is 26.1. The van der Waals surface area contributed by atoms with Crippen LogP contribution < -0.4 is 0 Å². The van der Waals surface area contributed by atoms with E-state index in [1.165, 1.54) is 0 Å². The third-order valence-electron chi connectivity index (χ3n) is 6.26. The average molecular weight is 370 g/mol. The zero-order valence-corrected chi connectivity index (χ0v) is 16.3. The third-order valence-corrected chi connectivity index (χ3v) is 6.26. The van der Waals surface area contributed by atoms with E-state index in [0.29, 0.717) is 31.5 Å². The summed E-state index contributed by atoms with van der Waals surface area (Å²) >= 11 is 0. The molecule has 2 amide bonds. The van der Waals surface area contributed by atoms with Gasteiger partial charge < -0.3 is 9.80 Å². The number of piperidine rings is 2. The molecule has 2 aliphatic heterocycles. The molecular formula is C21H30N4O2. The maximum Gasteiger partial charge on any atom is 0.236 e. The summed E-state index contributed by atoms with van der Waals surface area (Å²) in [5, 5.41) is 0. The van der Waals surface area contributed by atoms with Crippen molar-refractivity contribution in [1.29, 1.82) is 0 Å². The molecule has 1 aromatic rings. The van der Waals surface area contributed by atoms with Crippen molar-refractivity contribution in [3.63, 3.8) is 0 Å². The van der Waals surface area contributed by atoms with Crippen LogP contribution in [0, 0.1) is 5.41 Å². The molecule has 4 rings (SSSR count). The summed E-state index contributed by atoms with van der Waals surface area (Å²) < 4.78 is 0. The topological polar surface area (TPSA) is 56.8 Å². The molecule has 6 nitrogen and oxygen atoms in total. The van der Waals surface area contributed by atoms with Crippen molar-refractivity contribution in [3.8, 4) is 0 Å². The summed E-state index contributed by atoms with van der Waals surface area (Å²) in [6, 6.07) is 6.34. The average Bonchev–Trinajstić information content (AvgIpc) is 3.50. The molecule has 2 saturated heterocycles. The molecule has 1 saturated carbocycles. The van der Waals surface area contributed by atoms with Gasteiger partial charge in [0.1, 0.15) is 0 Å². The zero-order valence-electron chi connectivity index (χ0n) is 16.3. The van der Waals surface area contributed by atoms with Crippen LogP contribution in [-0.4, -0.2) is 70.8 Å². The number of nitrogens with zero attached hydrogens (tertiary/aromatic N) is 4. The van der Waals surface area contributed by atoms with Crippen LogP contribution in [-0.2, 0) is 16.1 Å². The minimum Gasteiger partial charge on any atom is -0.341 e. The Morgan fingerprint density at radius 3 is 2.89 bits per heavy atom. The van der Waals surface area contributed by atoms with Crippen LogP contribution in [0.1, 0.15) is 44.2 Å². The van der Waals surface area contributed by atoms with Gasteiger partial charge in [0.2, 0.25) is 11.8 Å². The maximum absolute atomic E-state index is 12.9. The molecule has 3 fully saturated rings. The van der Waals surface area contributed by atoms with Gasteiger partial charge in [0.15, 0.2) is 0 Å². The lowest BCUT2D eigenvalue weighted by Gasteiger charge is -2.48. The summed E-state index contributed by atoms with van der Waals surface area (Å²) in [5.74, 6) is 0.518. The standard InChI is InChI=1S/C21H30N4O2/c1-23(13-17-5-2-3-11-22-17)14-20(27)24-12-4-9-21(15-24)10-8-19(26)25(16-21)18-6-7-18/h2-3,5,11,18H,4,6-10,12-16H2,1H3/t21-/m0/s1. The second kappa shape index (κ2) is 7.58. The molecule has 0 radical (unpaired) electrons. The van der Waals surface area contributed by atoms with Crippen molar-refractivity contribution < 1.29 is 9.59 Å². The van der Waals surface area contributed by atoms with Crippen molar-refractivity contribution in [1.82, 2.24) is 19.7 Å². The Morgan fingerprint density at radius 1 is 1.30 bits per heavy atom. The smallest absolute Gasteiger partial charge is 0.236 e. The van der Waals surface area contributed by atoms with Gasteiger partial charge in [-0.05, 0) is 51.3 Å². The summed E-state index contributed by atoms with van der Waals surface area (Å²) in [6.07, 6.45) is 7.86. The first kappa shape index (κ1) is 18.4. The maximum atomic E-state index is 12.9. The van der Waals surface area contributed by atoms with Crippen LogP contribution >= 0.6 is 0 Å². The van der Waals surface area contributed by atoms with Crippen molar-refractivity contribution in [2.75, 3.05) is 33.2 Å². The minimum absolute atomic E-state index is 0.115. The molecule has 3 heterocycles. The highest BCUT2D eigenvalue weighted by Crippen LogP contribution is 2.42. The molecule has 3 aliphatic rings. The monoisotopic (exact) mass is 370 g/mol. The highest BCUT2D eigenvalue weighted by atomic mass is 16.2. The number of aromatic nitrogens is 1. The summed E-state index contributed by atoms with van der Waals surface area (Å²) in [6.45, 7) is 3.59. The van der Waals surface area contributed by atoms with Crippen LogP contribution in [0.3, 0.4) is 0 Å². The number of likely N-dealkylation sites (N-methyl/N-ethyl adjacent to an activating group) is 1. The Balaban J connectivity index is 1.34. The molecule has 1 aliphatic carbocycles. The van der Waals surface area contributed by atoms with Gasteiger partial charge >= 0.3 is 0 Å². The lowest BCUT2D eigenvalue weighted by Crippen LogP contribution is -2.56. The predicted octanol–water partition coefficient (Wildman–Crippen LogP) is 1.91. The van der Waals surface area contributed by atoms with Gasteiger partial charge in [0.25, 0.3) is 0 Å². The fourth-order valence-corrected chi connectivity index (χ4v) is 4.67. The number of carbonyl (C=O) groups is 2. The highest BCUT2D eigenvalue weighted by Gasteiger charge is 2.46. The van der Waals surface area contributed by atoms with E-state index < -0.39 is 0 Å². The number of hydrogen-bond acceptors (Lipinski definition) is 4. The first-order valence-electron chi connectivity index (χ1n) is 10.2. The van der Waals surface area contributed by atoms with E-state index in [1.54, 1.807) is 6.20 Å². The van der Waals surface area contributed by atoms with Gasteiger partial charge in [0, 0.05) is 50.3 Å². The molecule has 1 aromatic heterocycles. The summed E-state index contributed by atoms with van der Waals surface area (Å²) in [5.41, 5.74) is 1.10. The molecule has 0 unspecified atom stereocenters. The van der Waals surface area contributed by atoms with E-state index >= 15 is 0 Å². The van der Waals surface area contributed by atoms with Crippen molar-refractivity contribution in [2.24, 2.45) is 5.41 Å². The molecular weight excluding hydrogens is 340 g/mol. The Labute approximate surface area is 161 Å². The largest absolute Gasteiger partial charge is 0.341 e. The summed E-state index contributed by atoms with van der Waals surface area (Å²) in [4.78, 5) is 35.7. The fourth-order valence-electron chi connectivity index (χ4n) is 4.67. The van der Waals surface area contributed by atoms with E-state index in [-0.39, 0.29) is 11.3 Å². The Kier molecular flexibility index (Phi) is 5.17. The van der Waals surface area contributed by atoms with Crippen molar-refractivity contribution in [2.45, 2.75) is 51.1 Å². The van der Waals surface area contributed by atoms with Crippen LogP contribution in [0.25, 0.3) is 0 Å². The van der Waals surface area contributed by atoms with Crippen LogP contribution in [0.15, 0.2) is 24.4 Å². The van der Waals surface area contributed by atoms with Gasteiger partial charge in [-0.15, -0.1) is 0 Å². The van der Waals surface area contributed by atoms with Gasteiger partial charge in [-0.1, -0.05) is 6.07 Å². The number of pyridine rings is 1. The Bertz CT molecular complexity index is 691. The second-order valence-electron chi connectivity index (χ2n) is 8.67. The van der Waals surface area contributed by atoms with Gasteiger partial charge in [0.05, 0.1) is 12.2 Å². The van der Waals surface area contributed by atoms with E-state index in [1.807, 2.05) is 35.0 Å². The molecule has 6 heteroatoms. The van der Waals surface area contributed by atoms with E-state index in [9.17, 15) is 9.59 Å². The summed E-state index contributed by atoms with van der Waals surface area (Å²) in [7, 11) is 1.97. The third kappa shape index (κ3) is 4.32. The lowest BCUT2D eigenvalue weighted by molar-refractivity contribution is -0.144. The lowest BCUT2D eigenvalue weighted by atomic mass is 9.73. The van der Waals surface area contributed by atoms with Crippen LogP contribution in [0.4, 0.5) is 0 Å². The number of amides is 2. The van der Waals surface area contributed by atoms with Crippen LogP contribution in [0.5, 0.6) is 0 Å². The molecule has 1 spiro atoms. The molecule has 1 atom stereocenters. The van der Waals surface area contributed by atoms with Gasteiger partial charge in [-0.25, -0.2) is 0 Å². The molecule has 27 heavy (non-hydrogen) atoms. The first-order valence-corrected chi connectivity index (χ1v) is 10.2. The van der Waals surface area contributed by atoms with Crippen molar-refractivity contribution >= 4 is 11.8 Å². The molecule has 146 valence electrons. The van der Waals surface area contributed by atoms with E-state index in [4.69, 9.17) is 0 Å². The highest BCUT2D eigenvalue weighted by molar-refractivity contribution is 5.79. The Morgan fingerprint density at radius 2 is 2.15 bits per heavy atom. The quantitative estimate of drug-likeness (QED) is 0.794.